The van der Waals surface area contributed by atoms with Crippen LogP contribution in [0.3, 0.4) is 0 Å². The molecule has 1 aromatic heterocycles. The highest BCUT2D eigenvalue weighted by Crippen LogP contribution is 2.22. The lowest BCUT2D eigenvalue weighted by molar-refractivity contribution is 0.202. The molecule has 2 amide bonds. The fourth-order valence-electron chi connectivity index (χ4n) is 4.07. The summed E-state index contributed by atoms with van der Waals surface area (Å²) in [5.74, 6) is 0. The number of para-hydroxylation sites is 1. The third-order valence-electron chi connectivity index (χ3n) is 5.95. The van der Waals surface area contributed by atoms with Crippen LogP contribution in [0.5, 0.6) is 0 Å². The Morgan fingerprint density at radius 2 is 1.79 bits per heavy atom. The van der Waals surface area contributed by atoms with Gasteiger partial charge in [-0.15, -0.1) is 0 Å². The number of halogens is 1. The zero-order valence-corrected chi connectivity index (χ0v) is 20.6. The van der Waals surface area contributed by atoms with Crippen LogP contribution in [0.1, 0.15) is 37.0 Å². The molecule has 0 unspecified atom stereocenters. The molecule has 176 valence electrons. The summed E-state index contributed by atoms with van der Waals surface area (Å²) in [6.45, 7) is 11.9. The Bertz CT molecular complexity index is 1170. The van der Waals surface area contributed by atoms with Crippen LogP contribution >= 0.6 is 11.6 Å². The van der Waals surface area contributed by atoms with Gasteiger partial charge in [0.05, 0.1) is 17.3 Å². The maximum atomic E-state index is 13.2. The van der Waals surface area contributed by atoms with E-state index in [4.69, 9.17) is 11.6 Å². The number of anilines is 1. The Kier molecular flexibility index (Phi) is 8.53. The van der Waals surface area contributed by atoms with E-state index in [-0.39, 0.29) is 18.1 Å². The monoisotopic (exact) mass is 468 g/mol. The number of carbonyl (C=O) groups excluding carboxylic acids is 1. The van der Waals surface area contributed by atoms with Crippen LogP contribution in [-0.2, 0) is 6.54 Å². The second-order valence-corrected chi connectivity index (χ2v) is 8.79. The Morgan fingerprint density at radius 1 is 1.06 bits per heavy atom. The SMILES string of the molecule is CCN(CC)CCCN(Cc1cc2c(C)cc(C)cc2[nH]c1=O)C(=O)Nc1ccccc1Cl. The Labute approximate surface area is 200 Å². The first-order chi connectivity index (χ1) is 15.8. The van der Waals surface area contributed by atoms with Gasteiger partial charge in [0.2, 0.25) is 0 Å². The minimum Gasteiger partial charge on any atom is -0.322 e. The Hall–Kier alpha value is -2.83. The molecule has 6 nitrogen and oxygen atoms in total. The van der Waals surface area contributed by atoms with E-state index in [9.17, 15) is 9.59 Å². The van der Waals surface area contributed by atoms with Crippen LogP contribution in [0.25, 0.3) is 10.9 Å². The number of aromatic amines is 1. The lowest BCUT2D eigenvalue weighted by Gasteiger charge is -2.25. The number of H-pyrrole nitrogens is 1. The molecule has 0 aliphatic rings. The molecule has 2 aromatic carbocycles. The van der Waals surface area contributed by atoms with Crippen LogP contribution in [-0.4, -0.2) is 47.0 Å². The maximum Gasteiger partial charge on any atom is 0.322 e. The molecule has 2 N–H and O–H groups in total. The van der Waals surface area contributed by atoms with E-state index in [0.717, 1.165) is 48.1 Å². The molecule has 7 heteroatoms. The summed E-state index contributed by atoms with van der Waals surface area (Å²) in [4.78, 5) is 33.1. The number of urea groups is 1. The number of nitrogens with zero attached hydrogens (tertiary/aromatic N) is 2. The first-order valence-corrected chi connectivity index (χ1v) is 11.9. The van der Waals surface area contributed by atoms with Crippen LogP contribution in [0.4, 0.5) is 10.5 Å². The Morgan fingerprint density at radius 3 is 2.48 bits per heavy atom. The molecule has 0 saturated carbocycles. The third kappa shape index (κ3) is 6.36. The van der Waals surface area contributed by atoms with Crippen molar-refractivity contribution in [2.75, 3.05) is 31.5 Å². The summed E-state index contributed by atoms with van der Waals surface area (Å²) in [6.07, 6.45) is 0.807. The van der Waals surface area contributed by atoms with Crippen LogP contribution in [0, 0.1) is 13.8 Å². The highest BCUT2D eigenvalue weighted by atomic mass is 35.5. The number of benzene rings is 2. The predicted molar refractivity (Wildman–Crippen MR) is 137 cm³/mol. The zero-order chi connectivity index (χ0) is 24.0. The molecule has 3 rings (SSSR count). The number of amides is 2. The van der Waals surface area contributed by atoms with Gasteiger partial charge in [-0.3, -0.25) is 4.79 Å². The highest BCUT2D eigenvalue weighted by molar-refractivity contribution is 6.33. The summed E-state index contributed by atoms with van der Waals surface area (Å²) in [6, 6.07) is 12.8. The molecule has 0 spiro atoms. The zero-order valence-electron chi connectivity index (χ0n) is 19.9. The molecular formula is C26H33ClN4O2. The number of pyridine rings is 1. The van der Waals surface area contributed by atoms with E-state index in [1.165, 1.54) is 0 Å². The Balaban J connectivity index is 1.86. The minimum absolute atomic E-state index is 0.174. The third-order valence-corrected chi connectivity index (χ3v) is 6.28. The van der Waals surface area contributed by atoms with Crippen molar-refractivity contribution in [1.29, 1.82) is 0 Å². The molecule has 0 aliphatic carbocycles. The van der Waals surface area contributed by atoms with Gasteiger partial charge in [-0.05, 0) is 75.3 Å². The van der Waals surface area contributed by atoms with Crippen LogP contribution in [0.2, 0.25) is 5.02 Å². The van der Waals surface area contributed by atoms with Crippen molar-refractivity contribution in [2.45, 2.75) is 40.7 Å². The van der Waals surface area contributed by atoms with Crippen molar-refractivity contribution in [3.63, 3.8) is 0 Å². The number of aryl methyl sites for hydroxylation is 2. The number of hydrogen-bond donors (Lipinski definition) is 2. The number of aromatic nitrogens is 1. The van der Waals surface area contributed by atoms with Gasteiger partial charge in [0.25, 0.3) is 5.56 Å². The lowest BCUT2D eigenvalue weighted by atomic mass is 10.0. The molecule has 33 heavy (non-hydrogen) atoms. The van der Waals surface area contributed by atoms with Crippen molar-refractivity contribution in [1.82, 2.24) is 14.8 Å². The maximum absolute atomic E-state index is 13.2. The van der Waals surface area contributed by atoms with Crippen molar-refractivity contribution in [3.05, 3.63) is 74.5 Å². The van der Waals surface area contributed by atoms with E-state index in [1.54, 1.807) is 17.0 Å². The molecule has 0 atom stereocenters. The molecule has 3 aromatic rings. The normalized spacial score (nSPS) is 11.2. The van der Waals surface area contributed by atoms with Gasteiger partial charge in [0, 0.05) is 23.0 Å². The smallest absolute Gasteiger partial charge is 0.322 e. The van der Waals surface area contributed by atoms with E-state index >= 15 is 0 Å². The summed E-state index contributed by atoms with van der Waals surface area (Å²) >= 11 is 6.24. The van der Waals surface area contributed by atoms with Crippen LogP contribution < -0.4 is 10.9 Å². The average Bonchev–Trinajstić information content (AvgIpc) is 2.78. The molecule has 0 saturated heterocycles. The second kappa shape index (κ2) is 11.3. The minimum atomic E-state index is -0.275. The lowest BCUT2D eigenvalue weighted by Crippen LogP contribution is -2.38. The van der Waals surface area contributed by atoms with E-state index in [1.807, 2.05) is 38.1 Å². The van der Waals surface area contributed by atoms with Gasteiger partial charge < -0.3 is 20.1 Å². The van der Waals surface area contributed by atoms with Crippen molar-refractivity contribution >= 4 is 34.2 Å². The number of hydrogen-bond acceptors (Lipinski definition) is 3. The number of fused-ring (bicyclic) bond motifs is 1. The first-order valence-electron chi connectivity index (χ1n) is 11.5. The van der Waals surface area contributed by atoms with Gasteiger partial charge in [-0.25, -0.2) is 4.79 Å². The van der Waals surface area contributed by atoms with Gasteiger partial charge in [-0.2, -0.15) is 0 Å². The predicted octanol–water partition coefficient (Wildman–Crippen LogP) is 5.56. The van der Waals surface area contributed by atoms with E-state index in [0.29, 0.717) is 22.8 Å². The van der Waals surface area contributed by atoms with Gasteiger partial charge >= 0.3 is 6.03 Å². The van der Waals surface area contributed by atoms with Gasteiger partial charge in [-0.1, -0.05) is 43.6 Å². The molecular weight excluding hydrogens is 436 g/mol. The molecule has 0 aliphatic heterocycles. The number of rotatable bonds is 9. The standard InChI is InChI=1S/C26H33ClN4O2/c1-5-30(6-2)12-9-13-31(26(33)29-23-11-8-7-10-22(23)27)17-20-16-21-19(4)14-18(3)15-24(21)28-25(20)32/h7-8,10-11,14-16H,5-6,9,12-13,17H2,1-4H3,(H,28,32)(H,29,33). The quantitative estimate of drug-likeness (QED) is 0.431. The fourth-order valence-corrected chi connectivity index (χ4v) is 4.26. The summed E-state index contributed by atoms with van der Waals surface area (Å²) in [7, 11) is 0. The topological polar surface area (TPSA) is 68.4 Å². The van der Waals surface area contributed by atoms with Crippen molar-refractivity contribution in [3.8, 4) is 0 Å². The van der Waals surface area contributed by atoms with E-state index in [2.05, 4.69) is 35.1 Å². The van der Waals surface area contributed by atoms with Gasteiger partial charge in [0.15, 0.2) is 0 Å². The fraction of sp³-hybridized carbons (Fsp3) is 0.385. The highest BCUT2D eigenvalue weighted by Gasteiger charge is 2.18. The molecule has 0 bridgehead atoms. The van der Waals surface area contributed by atoms with E-state index < -0.39 is 0 Å². The summed E-state index contributed by atoms with van der Waals surface area (Å²) in [5.41, 5.74) is 3.95. The number of nitrogens with one attached hydrogen (secondary N) is 2. The largest absolute Gasteiger partial charge is 0.322 e. The molecule has 0 fully saturated rings. The molecule has 1 heterocycles. The summed E-state index contributed by atoms with van der Waals surface area (Å²) in [5, 5.41) is 4.37. The average molecular weight is 469 g/mol. The number of carbonyl (C=O) groups is 1. The van der Waals surface area contributed by atoms with Gasteiger partial charge in [0.1, 0.15) is 0 Å². The van der Waals surface area contributed by atoms with Crippen molar-refractivity contribution < 1.29 is 4.79 Å². The second-order valence-electron chi connectivity index (χ2n) is 8.38. The first kappa shape index (κ1) is 24.8. The molecule has 0 radical (unpaired) electrons. The van der Waals surface area contributed by atoms with Crippen LogP contribution in [0.15, 0.2) is 47.3 Å². The summed E-state index contributed by atoms with van der Waals surface area (Å²) < 4.78 is 0. The van der Waals surface area contributed by atoms with Crippen molar-refractivity contribution in [2.24, 2.45) is 0 Å².